The lowest BCUT2D eigenvalue weighted by molar-refractivity contribution is 0.00689. The maximum absolute atomic E-state index is 12.7. The van der Waals surface area contributed by atoms with Gasteiger partial charge in [-0.3, -0.25) is 0 Å². The van der Waals surface area contributed by atoms with Crippen molar-refractivity contribution in [2.45, 2.75) is 32.4 Å². The monoisotopic (exact) mass is 342 g/mol. The zero-order valence-electron chi connectivity index (χ0n) is 15.1. The van der Waals surface area contributed by atoms with Gasteiger partial charge in [0.25, 0.3) is 0 Å². The van der Waals surface area contributed by atoms with Gasteiger partial charge in [-0.15, -0.1) is 0 Å². The van der Waals surface area contributed by atoms with Gasteiger partial charge < -0.3 is 15.0 Å². The molecule has 2 amide bonds. The highest BCUT2D eigenvalue weighted by Gasteiger charge is 2.29. The fourth-order valence-corrected chi connectivity index (χ4v) is 3.35. The molecule has 1 aliphatic rings. The molecule has 6 nitrogen and oxygen atoms in total. The van der Waals surface area contributed by atoms with Crippen LogP contribution in [0.25, 0.3) is 5.69 Å². The topological polar surface area (TPSA) is 59.4 Å². The number of benzene rings is 1. The van der Waals surface area contributed by atoms with Crippen molar-refractivity contribution in [3.05, 3.63) is 48.3 Å². The largest absolute Gasteiger partial charge is 0.379 e. The molecule has 6 heteroatoms. The van der Waals surface area contributed by atoms with Crippen LogP contribution in [0.5, 0.6) is 0 Å². The number of likely N-dealkylation sites (tertiary alicyclic amines) is 1. The standard InChI is InChI=1S/C19H26N4O2/c1-14-9-12-22(13-18(14)25-3)19(24)21-15(2)16-7-4-5-8-17(16)23-11-6-10-20-23/h4-8,10-11,14-15,18H,9,12-13H2,1-3H3,(H,21,24)/t14-,15+,18-/m1/s1. The maximum atomic E-state index is 12.7. The van der Waals surface area contributed by atoms with Gasteiger partial charge in [0, 0.05) is 32.6 Å². The Hall–Kier alpha value is -2.34. The number of para-hydroxylation sites is 1. The molecule has 0 saturated carbocycles. The Balaban J connectivity index is 1.71. The molecule has 0 radical (unpaired) electrons. The molecule has 1 aliphatic heterocycles. The third-order valence-corrected chi connectivity index (χ3v) is 4.97. The first-order valence-electron chi connectivity index (χ1n) is 8.77. The Bertz CT molecular complexity index is 701. The van der Waals surface area contributed by atoms with E-state index >= 15 is 0 Å². The van der Waals surface area contributed by atoms with E-state index in [0.717, 1.165) is 24.2 Å². The maximum Gasteiger partial charge on any atom is 0.317 e. The number of rotatable bonds is 4. The van der Waals surface area contributed by atoms with Crippen molar-refractivity contribution in [3.63, 3.8) is 0 Å². The van der Waals surface area contributed by atoms with Gasteiger partial charge in [-0.2, -0.15) is 5.10 Å². The summed E-state index contributed by atoms with van der Waals surface area (Å²) in [5, 5.41) is 7.42. The Morgan fingerprint density at radius 1 is 1.36 bits per heavy atom. The Labute approximate surface area is 148 Å². The quantitative estimate of drug-likeness (QED) is 0.929. The number of hydrogen-bond acceptors (Lipinski definition) is 3. The lowest BCUT2D eigenvalue weighted by Crippen LogP contribution is -2.50. The number of urea groups is 1. The minimum absolute atomic E-state index is 0.0447. The molecular weight excluding hydrogens is 316 g/mol. The van der Waals surface area contributed by atoms with E-state index in [-0.39, 0.29) is 18.2 Å². The first-order valence-corrected chi connectivity index (χ1v) is 8.77. The van der Waals surface area contributed by atoms with E-state index in [1.54, 1.807) is 13.3 Å². The van der Waals surface area contributed by atoms with Crippen LogP contribution in [0.3, 0.4) is 0 Å². The van der Waals surface area contributed by atoms with Crippen LogP contribution in [0.15, 0.2) is 42.7 Å². The van der Waals surface area contributed by atoms with Crippen molar-refractivity contribution in [2.24, 2.45) is 5.92 Å². The number of piperidine rings is 1. The lowest BCUT2D eigenvalue weighted by atomic mass is 9.96. The second-order valence-electron chi connectivity index (χ2n) is 6.67. The summed E-state index contributed by atoms with van der Waals surface area (Å²) in [6.45, 7) is 5.57. The van der Waals surface area contributed by atoms with Crippen molar-refractivity contribution in [2.75, 3.05) is 20.2 Å². The van der Waals surface area contributed by atoms with E-state index in [2.05, 4.69) is 17.3 Å². The molecule has 1 aromatic carbocycles. The van der Waals surface area contributed by atoms with Gasteiger partial charge in [0.1, 0.15) is 0 Å². The molecule has 0 unspecified atom stereocenters. The van der Waals surface area contributed by atoms with E-state index in [1.807, 2.05) is 53.0 Å². The smallest absolute Gasteiger partial charge is 0.317 e. The Morgan fingerprint density at radius 3 is 2.88 bits per heavy atom. The van der Waals surface area contributed by atoms with Gasteiger partial charge in [-0.25, -0.2) is 9.48 Å². The van der Waals surface area contributed by atoms with Gasteiger partial charge in [0.2, 0.25) is 0 Å². The zero-order chi connectivity index (χ0) is 17.8. The zero-order valence-corrected chi connectivity index (χ0v) is 15.1. The van der Waals surface area contributed by atoms with Crippen LogP contribution in [0, 0.1) is 5.92 Å². The van der Waals surface area contributed by atoms with Crippen LogP contribution in [0.4, 0.5) is 4.79 Å². The third kappa shape index (κ3) is 3.85. The molecule has 0 bridgehead atoms. The van der Waals surface area contributed by atoms with Crippen molar-refractivity contribution in [3.8, 4) is 5.69 Å². The highest BCUT2D eigenvalue weighted by Crippen LogP contribution is 2.23. The van der Waals surface area contributed by atoms with Crippen LogP contribution < -0.4 is 5.32 Å². The summed E-state index contributed by atoms with van der Waals surface area (Å²) in [5.41, 5.74) is 2.01. The van der Waals surface area contributed by atoms with Crippen molar-refractivity contribution >= 4 is 6.03 Å². The summed E-state index contributed by atoms with van der Waals surface area (Å²) >= 11 is 0. The summed E-state index contributed by atoms with van der Waals surface area (Å²) in [5.74, 6) is 0.479. The number of nitrogens with zero attached hydrogens (tertiary/aromatic N) is 3. The molecule has 0 aliphatic carbocycles. The number of hydrogen-bond donors (Lipinski definition) is 1. The second kappa shape index (κ2) is 7.70. The SMILES string of the molecule is CO[C@@H]1CN(C(=O)N[C@@H](C)c2ccccc2-n2cccn2)CC[C@H]1C. The van der Waals surface area contributed by atoms with Gasteiger partial charge in [-0.05, 0) is 37.0 Å². The Kier molecular flexibility index (Phi) is 5.38. The highest BCUT2D eigenvalue weighted by molar-refractivity contribution is 5.75. The van der Waals surface area contributed by atoms with Gasteiger partial charge in [0.15, 0.2) is 0 Å². The minimum Gasteiger partial charge on any atom is -0.379 e. The molecule has 3 rings (SSSR count). The molecule has 2 aromatic rings. The molecule has 1 N–H and O–H groups in total. The van der Waals surface area contributed by atoms with Crippen LogP contribution in [-0.4, -0.2) is 47.0 Å². The van der Waals surface area contributed by atoms with Gasteiger partial charge in [0.05, 0.1) is 17.8 Å². The number of amides is 2. The third-order valence-electron chi connectivity index (χ3n) is 4.97. The van der Waals surface area contributed by atoms with Crippen molar-refractivity contribution in [1.82, 2.24) is 20.0 Å². The normalized spacial score (nSPS) is 21.8. The van der Waals surface area contributed by atoms with Crippen LogP contribution in [0.2, 0.25) is 0 Å². The predicted octanol–water partition coefficient (Wildman–Crippen LogP) is 3.00. The molecule has 25 heavy (non-hydrogen) atoms. The van der Waals surface area contributed by atoms with Crippen molar-refractivity contribution < 1.29 is 9.53 Å². The fraction of sp³-hybridized carbons (Fsp3) is 0.474. The molecule has 1 aromatic heterocycles. The summed E-state index contributed by atoms with van der Waals surface area (Å²) in [4.78, 5) is 14.5. The number of nitrogens with one attached hydrogen (secondary N) is 1. The molecule has 1 fully saturated rings. The van der Waals surface area contributed by atoms with Gasteiger partial charge >= 0.3 is 6.03 Å². The van der Waals surface area contributed by atoms with E-state index < -0.39 is 0 Å². The Morgan fingerprint density at radius 2 is 2.16 bits per heavy atom. The molecule has 2 heterocycles. The number of carbonyl (C=O) groups excluding carboxylic acids is 1. The number of aromatic nitrogens is 2. The van der Waals surface area contributed by atoms with E-state index in [9.17, 15) is 4.79 Å². The second-order valence-corrected chi connectivity index (χ2v) is 6.67. The highest BCUT2D eigenvalue weighted by atomic mass is 16.5. The van der Waals surface area contributed by atoms with E-state index in [4.69, 9.17) is 4.74 Å². The fourth-order valence-electron chi connectivity index (χ4n) is 3.35. The molecule has 3 atom stereocenters. The first kappa shape index (κ1) is 17.5. The van der Waals surface area contributed by atoms with E-state index in [1.165, 1.54) is 0 Å². The lowest BCUT2D eigenvalue weighted by Gasteiger charge is -2.36. The average Bonchev–Trinajstić information content (AvgIpc) is 3.16. The summed E-state index contributed by atoms with van der Waals surface area (Å²) in [6.07, 6.45) is 4.72. The predicted molar refractivity (Wildman–Crippen MR) is 96.7 cm³/mol. The molecular formula is C19H26N4O2. The van der Waals surface area contributed by atoms with Crippen LogP contribution in [-0.2, 0) is 4.74 Å². The number of carbonyl (C=O) groups is 1. The van der Waals surface area contributed by atoms with E-state index in [0.29, 0.717) is 12.5 Å². The summed E-state index contributed by atoms with van der Waals surface area (Å²) in [7, 11) is 1.71. The summed E-state index contributed by atoms with van der Waals surface area (Å²) < 4.78 is 7.33. The molecule has 1 saturated heterocycles. The van der Waals surface area contributed by atoms with Crippen molar-refractivity contribution in [1.29, 1.82) is 0 Å². The van der Waals surface area contributed by atoms with Gasteiger partial charge in [-0.1, -0.05) is 25.1 Å². The molecule has 134 valence electrons. The first-order chi connectivity index (χ1) is 12.1. The summed E-state index contributed by atoms with van der Waals surface area (Å²) in [6, 6.07) is 9.72. The van der Waals surface area contributed by atoms with Crippen LogP contribution >= 0.6 is 0 Å². The van der Waals surface area contributed by atoms with Crippen LogP contribution in [0.1, 0.15) is 31.9 Å². The minimum atomic E-state index is -0.117. The average molecular weight is 342 g/mol. The molecule has 0 spiro atoms. The number of ether oxygens (including phenoxy) is 1. The number of methoxy groups -OCH3 is 1.